The van der Waals surface area contributed by atoms with E-state index in [1.807, 2.05) is 54.6 Å². The average Bonchev–Trinajstić information content (AvgIpc) is 2.75. The van der Waals surface area contributed by atoms with Gasteiger partial charge in [-0.1, -0.05) is 18.2 Å². The number of para-hydroxylation sites is 1. The summed E-state index contributed by atoms with van der Waals surface area (Å²) in [6, 6.07) is 20.2. The molecule has 0 aliphatic heterocycles. The van der Waals surface area contributed by atoms with E-state index in [2.05, 4.69) is 5.10 Å². The molecule has 6 heteroatoms. The second-order valence-electron chi connectivity index (χ2n) is 6.40. The first-order chi connectivity index (χ1) is 13.6. The van der Waals surface area contributed by atoms with Crippen molar-refractivity contribution in [3.05, 3.63) is 77.1 Å². The molecule has 1 aromatic heterocycles. The van der Waals surface area contributed by atoms with Crippen LogP contribution in [0.3, 0.4) is 0 Å². The lowest BCUT2D eigenvalue weighted by molar-refractivity contribution is -0.118. The van der Waals surface area contributed by atoms with Gasteiger partial charge in [-0.05, 0) is 48.9 Å². The van der Waals surface area contributed by atoms with Gasteiger partial charge in [0.25, 0.3) is 5.56 Å². The number of benzene rings is 2. The lowest BCUT2D eigenvalue weighted by atomic mass is 10.1. The smallest absolute Gasteiger partial charge is 0.266 e. The van der Waals surface area contributed by atoms with E-state index in [1.54, 1.807) is 25.1 Å². The van der Waals surface area contributed by atoms with Gasteiger partial charge in [0.1, 0.15) is 5.75 Å². The largest absolute Gasteiger partial charge is 0.497 e. The van der Waals surface area contributed by atoms with Gasteiger partial charge in [-0.3, -0.25) is 9.59 Å². The number of rotatable bonds is 7. The van der Waals surface area contributed by atoms with Gasteiger partial charge < -0.3 is 9.64 Å². The SMILES string of the molecule is COc1ccc(-c2ccc(=O)n(CCCC(=O)N(C)c3ccccc3)n2)cc1. The zero-order valence-corrected chi connectivity index (χ0v) is 16.0. The molecule has 0 atom stereocenters. The van der Waals surface area contributed by atoms with Gasteiger partial charge in [-0.2, -0.15) is 5.10 Å². The predicted octanol–water partition coefficient (Wildman–Crippen LogP) is 3.36. The molecular formula is C22H23N3O3. The van der Waals surface area contributed by atoms with E-state index in [0.29, 0.717) is 25.1 Å². The van der Waals surface area contributed by atoms with E-state index in [9.17, 15) is 9.59 Å². The van der Waals surface area contributed by atoms with Crippen molar-refractivity contribution in [2.24, 2.45) is 0 Å². The quantitative estimate of drug-likeness (QED) is 0.633. The Balaban J connectivity index is 1.64. The first-order valence-electron chi connectivity index (χ1n) is 9.12. The van der Waals surface area contributed by atoms with Crippen LogP contribution in [0.4, 0.5) is 5.69 Å². The van der Waals surface area contributed by atoms with Gasteiger partial charge in [0.05, 0.1) is 12.8 Å². The Morgan fingerprint density at radius 2 is 1.75 bits per heavy atom. The van der Waals surface area contributed by atoms with Crippen LogP contribution in [0.15, 0.2) is 71.5 Å². The highest BCUT2D eigenvalue weighted by molar-refractivity contribution is 5.92. The third kappa shape index (κ3) is 4.65. The lowest BCUT2D eigenvalue weighted by Crippen LogP contribution is -2.27. The summed E-state index contributed by atoms with van der Waals surface area (Å²) in [4.78, 5) is 26.1. The number of methoxy groups -OCH3 is 1. The second-order valence-corrected chi connectivity index (χ2v) is 6.40. The summed E-state index contributed by atoms with van der Waals surface area (Å²) in [6.45, 7) is 0.386. The predicted molar refractivity (Wildman–Crippen MR) is 110 cm³/mol. The van der Waals surface area contributed by atoms with Crippen molar-refractivity contribution in [1.82, 2.24) is 9.78 Å². The highest BCUT2D eigenvalue weighted by atomic mass is 16.5. The number of nitrogens with zero attached hydrogens (tertiary/aromatic N) is 3. The number of hydrogen-bond donors (Lipinski definition) is 0. The van der Waals surface area contributed by atoms with Crippen LogP contribution in [0.1, 0.15) is 12.8 Å². The minimum Gasteiger partial charge on any atom is -0.497 e. The van der Waals surface area contributed by atoms with Crippen molar-refractivity contribution in [3.63, 3.8) is 0 Å². The normalized spacial score (nSPS) is 10.5. The van der Waals surface area contributed by atoms with E-state index < -0.39 is 0 Å². The van der Waals surface area contributed by atoms with Gasteiger partial charge in [-0.25, -0.2) is 4.68 Å². The molecule has 0 N–H and O–H groups in total. The molecule has 3 rings (SSSR count). The molecule has 0 saturated carbocycles. The summed E-state index contributed by atoms with van der Waals surface area (Å²) in [5.74, 6) is 0.767. The van der Waals surface area contributed by atoms with E-state index >= 15 is 0 Å². The number of ether oxygens (including phenoxy) is 1. The van der Waals surface area contributed by atoms with Crippen molar-refractivity contribution >= 4 is 11.6 Å². The summed E-state index contributed by atoms with van der Waals surface area (Å²) < 4.78 is 6.58. The van der Waals surface area contributed by atoms with E-state index in [4.69, 9.17) is 4.74 Å². The Morgan fingerprint density at radius 1 is 1.04 bits per heavy atom. The number of carbonyl (C=O) groups is 1. The molecule has 0 fully saturated rings. The molecule has 0 bridgehead atoms. The van der Waals surface area contributed by atoms with Gasteiger partial charge in [0.15, 0.2) is 0 Å². The molecule has 0 saturated heterocycles. The molecule has 3 aromatic rings. The fourth-order valence-electron chi connectivity index (χ4n) is 2.87. The van der Waals surface area contributed by atoms with E-state index in [-0.39, 0.29) is 11.5 Å². The fourth-order valence-corrected chi connectivity index (χ4v) is 2.87. The molecule has 1 amide bonds. The Bertz CT molecular complexity index is 982. The molecule has 0 radical (unpaired) electrons. The number of aryl methyl sites for hydroxylation is 1. The Kier molecular flexibility index (Phi) is 6.22. The van der Waals surface area contributed by atoms with E-state index in [1.165, 1.54) is 10.7 Å². The van der Waals surface area contributed by atoms with Crippen LogP contribution in [0, 0.1) is 0 Å². The summed E-state index contributed by atoms with van der Waals surface area (Å²) >= 11 is 0. The van der Waals surface area contributed by atoms with Crippen LogP contribution < -0.4 is 15.2 Å². The third-order valence-corrected chi connectivity index (χ3v) is 4.53. The number of carbonyl (C=O) groups excluding carboxylic acids is 1. The summed E-state index contributed by atoms with van der Waals surface area (Å²) in [5.41, 5.74) is 2.27. The Morgan fingerprint density at radius 3 is 2.43 bits per heavy atom. The van der Waals surface area contributed by atoms with Crippen LogP contribution in [0.25, 0.3) is 11.3 Å². The molecule has 28 heavy (non-hydrogen) atoms. The van der Waals surface area contributed by atoms with Crippen LogP contribution in [0.5, 0.6) is 5.75 Å². The van der Waals surface area contributed by atoms with Crippen LogP contribution in [-0.4, -0.2) is 29.8 Å². The van der Waals surface area contributed by atoms with Gasteiger partial charge in [0.2, 0.25) is 5.91 Å². The molecule has 144 valence electrons. The van der Waals surface area contributed by atoms with Gasteiger partial charge in [-0.15, -0.1) is 0 Å². The standard InChI is InChI=1S/C22H23N3O3/c1-24(18-7-4-3-5-8-18)21(26)9-6-16-25-22(27)15-14-20(23-25)17-10-12-19(28-2)13-11-17/h3-5,7-8,10-15H,6,9,16H2,1-2H3. The summed E-state index contributed by atoms with van der Waals surface area (Å²) in [6.07, 6.45) is 0.876. The average molecular weight is 377 g/mol. The maximum absolute atomic E-state index is 12.4. The van der Waals surface area contributed by atoms with Crippen molar-refractivity contribution in [2.45, 2.75) is 19.4 Å². The first kappa shape index (κ1) is 19.4. The second kappa shape index (κ2) is 8.99. The number of anilines is 1. The molecule has 0 aliphatic carbocycles. The summed E-state index contributed by atoms with van der Waals surface area (Å²) in [5, 5.41) is 4.44. The molecule has 2 aromatic carbocycles. The van der Waals surface area contributed by atoms with Crippen molar-refractivity contribution < 1.29 is 9.53 Å². The highest BCUT2D eigenvalue weighted by Crippen LogP contribution is 2.19. The third-order valence-electron chi connectivity index (χ3n) is 4.53. The monoisotopic (exact) mass is 377 g/mol. The molecular weight excluding hydrogens is 354 g/mol. The Labute approximate surface area is 164 Å². The summed E-state index contributed by atoms with van der Waals surface area (Å²) in [7, 11) is 3.37. The van der Waals surface area contributed by atoms with Crippen molar-refractivity contribution in [2.75, 3.05) is 19.1 Å². The minimum atomic E-state index is -0.180. The van der Waals surface area contributed by atoms with Crippen molar-refractivity contribution in [1.29, 1.82) is 0 Å². The Hall–Kier alpha value is -3.41. The van der Waals surface area contributed by atoms with Crippen molar-refractivity contribution in [3.8, 4) is 17.0 Å². The molecule has 1 heterocycles. The van der Waals surface area contributed by atoms with Crippen LogP contribution >= 0.6 is 0 Å². The minimum absolute atomic E-state index is 0.00515. The topological polar surface area (TPSA) is 64.4 Å². The zero-order chi connectivity index (χ0) is 19.9. The number of aromatic nitrogens is 2. The number of amides is 1. The maximum Gasteiger partial charge on any atom is 0.266 e. The maximum atomic E-state index is 12.4. The van der Waals surface area contributed by atoms with Gasteiger partial charge >= 0.3 is 0 Å². The van der Waals surface area contributed by atoms with E-state index in [0.717, 1.165) is 17.0 Å². The lowest BCUT2D eigenvalue weighted by Gasteiger charge is -2.17. The molecule has 6 nitrogen and oxygen atoms in total. The van der Waals surface area contributed by atoms with Gasteiger partial charge in [0, 0.05) is 37.3 Å². The van der Waals surface area contributed by atoms with Crippen LogP contribution in [-0.2, 0) is 11.3 Å². The molecule has 0 aliphatic rings. The first-order valence-corrected chi connectivity index (χ1v) is 9.12. The van der Waals surface area contributed by atoms with Crippen LogP contribution in [0.2, 0.25) is 0 Å². The molecule has 0 spiro atoms. The zero-order valence-electron chi connectivity index (χ0n) is 16.0. The highest BCUT2D eigenvalue weighted by Gasteiger charge is 2.11. The molecule has 0 unspecified atom stereocenters. The number of hydrogen-bond acceptors (Lipinski definition) is 4. The fraction of sp³-hybridized carbons (Fsp3) is 0.227.